The Morgan fingerprint density at radius 3 is 2.57 bits per heavy atom. The Morgan fingerprint density at radius 2 is 1.90 bits per heavy atom. The fourth-order valence-electron chi connectivity index (χ4n) is 2.96. The molecule has 1 aliphatic rings. The van der Waals surface area contributed by atoms with Gasteiger partial charge in [-0.1, -0.05) is 23.7 Å². The predicted octanol–water partition coefficient (Wildman–Crippen LogP) is 5.31. The van der Waals surface area contributed by atoms with Crippen molar-refractivity contribution in [2.45, 2.75) is 24.5 Å². The van der Waals surface area contributed by atoms with Gasteiger partial charge in [-0.05, 0) is 60.2 Å². The molecule has 2 aromatic carbocycles. The molecule has 0 saturated carbocycles. The van der Waals surface area contributed by atoms with Crippen LogP contribution in [0.3, 0.4) is 0 Å². The van der Waals surface area contributed by atoms with Gasteiger partial charge in [-0.2, -0.15) is 0 Å². The topological polar surface area (TPSA) is 56.8 Å². The van der Waals surface area contributed by atoms with Crippen LogP contribution >= 0.6 is 35.1 Å². The summed E-state index contributed by atoms with van der Waals surface area (Å²) in [6.45, 7) is 2.64. The molecule has 0 spiro atoms. The quantitative estimate of drug-likeness (QED) is 0.539. The molecule has 0 atom stereocenters. The zero-order chi connectivity index (χ0) is 21.3. The highest BCUT2D eigenvalue weighted by atomic mass is 35.5. The summed E-state index contributed by atoms with van der Waals surface area (Å²) < 4.78 is 17.0. The molecule has 30 heavy (non-hydrogen) atoms. The van der Waals surface area contributed by atoms with Gasteiger partial charge < -0.3 is 19.5 Å². The van der Waals surface area contributed by atoms with E-state index >= 15 is 0 Å². The SMILES string of the molecule is CCOc1c(Cl)cc(CNC(=O)COc2ccc(C3SCCCS3)cc2)cc1OC. The average Bonchev–Trinajstić information content (AvgIpc) is 2.78. The zero-order valence-corrected chi connectivity index (χ0v) is 19.5. The Kier molecular flexibility index (Phi) is 8.90. The first-order chi connectivity index (χ1) is 14.6. The zero-order valence-electron chi connectivity index (χ0n) is 17.1. The van der Waals surface area contributed by atoms with Crippen LogP contribution in [0.25, 0.3) is 0 Å². The molecule has 0 aliphatic carbocycles. The number of ether oxygens (including phenoxy) is 3. The van der Waals surface area contributed by atoms with E-state index in [1.54, 1.807) is 19.2 Å². The first-order valence-electron chi connectivity index (χ1n) is 9.82. The van der Waals surface area contributed by atoms with Crippen molar-refractivity contribution in [3.63, 3.8) is 0 Å². The summed E-state index contributed by atoms with van der Waals surface area (Å²) >= 11 is 10.2. The summed E-state index contributed by atoms with van der Waals surface area (Å²) in [5, 5.41) is 3.29. The normalized spacial score (nSPS) is 14.2. The monoisotopic (exact) mass is 467 g/mol. The largest absolute Gasteiger partial charge is 0.493 e. The molecular formula is C22H26ClNO4S2. The minimum absolute atomic E-state index is 0.0474. The first-order valence-corrected chi connectivity index (χ1v) is 12.3. The van der Waals surface area contributed by atoms with Gasteiger partial charge in [-0.25, -0.2) is 0 Å². The van der Waals surface area contributed by atoms with E-state index in [9.17, 15) is 4.79 Å². The van der Waals surface area contributed by atoms with E-state index in [0.717, 1.165) is 5.56 Å². The summed E-state index contributed by atoms with van der Waals surface area (Å²) in [7, 11) is 1.56. The standard InChI is InChI=1S/C22H26ClNO4S2/c1-3-27-21-18(23)11-15(12-19(21)26-2)13-24-20(25)14-28-17-7-5-16(6-8-17)22-29-9-4-10-30-22/h5-8,11-12,22H,3-4,9-10,13-14H2,1-2H3,(H,24,25). The van der Waals surface area contributed by atoms with Crippen molar-refractivity contribution >= 4 is 41.0 Å². The third-order valence-electron chi connectivity index (χ3n) is 4.42. The van der Waals surface area contributed by atoms with Crippen LogP contribution < -0.4 is 19.5 Å². The molecule has 0 unspecified atom stereocenters. The molecule has 5 nitrogen and oxygen atoms in total. The van der Waals surface area contributed by atoms with Gasteiger partial charge in [0.15, 0.2) is 18.1 Å². The van der Waals surface area contributed by atoms with Gasteiger partial charge in [0.05, 0.1) is 23.3 Å². The number of hydrogen-bond acceptors (Lipinski definition) is 6. The third kappa shape index (κ3) is 6.40. The molecule has 3 rings (SSSR count). The summed E-state index contributed by atoms with van der Waals surface area (Å²) in [5.41, 5.74) is 2.11. The molecule has 0 radical (unpaired) electrons. The molecule has 8 heteroatoms. The maximum absolute atomic E-state index is 12.2. The van der Waals surface area contributed by atoms with Gasteiger partial charge in [0.1, 0.15) is 5.75 Å². The van der Waals surface area contributed by atoms with Crippen LogP contribution in [0, 0.1) is 0 Å². The lowest BCUT2D eigenvalue weighted by molar-refractivity contribution is -0.123. The number of amides is 1. The molecule has 1 N–H and O–H groups in total. The van der Waals surface area contributed by atoms with E-state index < -0.39 is 0 Å². The fraction of sp³-hybridized carbons (Fsp3) is 0.409. The fourth-order valence-corrected chi connectivity index (χ4v) is 6.14. The van der Waals surface area contributed by atoms with E-state index in [0.29, 0.717) is 40.0 Å². The number of rotatable bonds is 9. The Morgan fingerprint density at radius 1 is 1.17 bits per heavy atom. The molecule has 1 amide bonds. The molecule has 1 fully saturated rings. The number of benzene rings is 2. The Balaban J connectivity index is 1.48. The van der Waals surface area contributed by atoms with Gasteiger partial charge in [0, 0.05) is 6.54 Å². The highest BCUT2D eigenvalue weighted by molar-refractivity contribution is 8.16. The van der Waals surface area contributed by atoms with Crippen LogP contribution in [0.5, 0.6) is 17.2 Å². The Labute approximate surface area is 191 Å². The maximum atomic E-state index is 12.2. The van der Waals surface area contributed by atoms with Crippen LogP contribution in [0.4, 0.5) is 0 Å². The number of thioether (sulfide) groups is 2. The molecular weight excluding hydrogens is 442 g/mol. The number of halogens is 1. The van der Waals surface area contributed by atoms with E-state index in [-0.39, 0.29) is 12.5 Å². The predicted molar refractivity (Wildman–Crippen MR) is 125 cm³/mol. The van der Waals surface area contributed by atoms with Gasteiger partial charge >= 0.3 is 0 Å². The molecule has 1 aliphatic heterocycles. The third-order valence-corrected chi connectivity index (χ3v) is 7.71. The Bertz CT molecular complexity index is 842. The molecule has 162 valence electrons. The van der Waals surface area contributed by atoms with Crippen LogP contribution in [-0.2, 0) is 11.3 Å². The number of nitrogens with one attached hydrogen (secondary N) is 1. The molecule has 2 aromatic rings. The van der Waals surface area contributed by atoms with Gasteiger partial charge in [0.2, 0.25) is 0 Å². The maximum Gasteiger partial charge on any atom is 0.258 e. The van der Waals surface area contributed by atoms with Crippen LogP contribution in [0.1, 0.15) is 29.1 Å². The molecule has 0 aromatic heterocycles. The van der Waals surface area contributed by atoms with Crippen molar-refractivity contribution in [1.29, 1.82) is 0 Å². The Hall–Kier alpha value is -1.70. The van der Waals surface area contributed by atoms with Crippen molar-refractivity contribution < 1.29 is 19.0 Å². The second-order valence-corrected chi connectivity index (χ2v) is 9.74. The summed E-state index contributed by atoms with van der Waals surface area (Å²) in [6, 6.07) is 11.6. The van der Waals surface area contributed by atoms with Crippen molar-refractivity contribution in [2.75, 3.05) is 31.8 Å². The first kappa shape index (κ1) is 23.0. The second-order valence-electron chi connectivity index (χ2n) is 6.60. The molecule has 0 bridgehead atoms. The highest BCUT2D eigenvalue weighted by Gasteiger charge is 2.16. The van der Waals surface area contributed by atoms with Crippen LogP contribution in [-0.4, -0.2) is 37.7 Å². The summed E-state index contributed by atoms with van der Waals surface area (Å²) in [6.07, 6.45) is 1.28. The van der Waals surface area contributed by atoms with Crippen molar-refractivity contribution in [3.8, 4) is 17.2 Å². The van der Waals surface area contributed by atoms with E-state index in [1.165, 1.54) is 23.5 Å². The summed E-state index contributed by atoms with van der Waals surface area (Å²) in [5.74, 6) is 3.95. The highest BCUT2D eigenvalue weighted by Crippen LogP contribution is 2.43. The smallest absolute Gasteiger partial charge is 0.258 e. The van der Waals surface area contributed by atoms with E-state index in [1.807, 2.05) is 42.6 Å². The number of carbonyl (C=O) groups is 1. The minimum atomic E-state index is -0.207. The minimum Gasteiger partial charge on any atom is -0.493 e. The van der Waals surface area contributed by atoms with E-state index in [2.05, 4.69) is 17.4 Å². The van der Waals surface area contributed by atoms with Crippen molar-refractivity contribution in [2.24, 2.45) is 0 Å². The number of methoxy groups -OCH3 is 1. The van der Waals surface area contributed by atoms with E-state index in [4.69, 9.17) is 25.8 Å². The van der Waals surface area contributed by atoms with Gasteiger partial charge in [0.25, 0.3) is 5.91 Å². The second kappa shape index (κ2) is 11.6. The van der Waals surface area contributed by atoms with Crippen molar-refractivity contribution in [1.82, 2.24) is 5.32 Å². The number of hydrogen-bond donors (Lipinski definition) is 1. The lowest BCUT2D eigenvalue weighted by Crippen LogP contribution is -2.28. The lowest BCUT2D eigenvalue weighted by Gasteiger charge is -2.21. The number of carbonyl (C=O) groups excluding carboxylic acids is 1. The van der Waals surface area contributed by atoms with Crippen LogP contribution in [0.2, 0.25) is 5.02 Å². The van der Waals surface area contributed by atoms with Gasteiger partial charge in [-0.3, -0.25) is 4.79 Å². The van der Waals surface area contributed by atoms with Crippen molar-refractivity contribution in [3.05, 3.63) is 52.5 Å². The van der Waals surface area contributed by atoms with Crippen LogP contribution in [0.15, 0.2) is 36.4 Å². The lowest BCUT2D eigenvalue weighted by atomic mass is 10.2. The molecule has 1 heterocycles. The average molecular weight is 468 g/mol. The van der Waals surface area contributed by atoms with Gasteiger partial charge in [-0.15, -0.1) is 23.5 Å². The molecule has 1 saturated heterocycles. The summed E-state index contributed by atoms with van der Waals surface area (Å²) in [4.78, 5) is 12.2.